The molecule has 0 aliphatic heterocycles. The van der Waals surface area contributed by atoms with Gasteiger partial charge in [-0.2, -0.15) is 0 Å². The van der Waals surface area contributed by atoms with E-state index in [0.717, 1.165) is 0 Å². The maximum Gasteiger partial charge on any atom is 0.339 e. The van der Waals surface area contributed by atoms with Crippen LogP contribution in [0.2, 0.25) is 0 Å². The minimum Gasteiger partial charge on any atom is -0.478 e. The van der Waals surface area contributed by atoms with Gasteiger partial charge in [-0.1, -0.05) is 39.0 Å². The van der Waals surface area contributed by atoms with Crippen molar-refractivity contribution < 1.29 is 24.2 Å². The van der Waals surface area contributed by atoms with E-state index >= 15 is 0 Å². The average Bonchev–Trinajstić information content (AvgIpc) is 2.54. The molecule has 0 heterocycles. The Bertz CT molecular complexity index is 638. The highest BCUT2D eigenvalue weighted by atomic mass is 16.5. The summed E-state index contributed by atoms with van der Waals surface area (Å²) in [6.45, 7) is 9.19. The summed E-state index contributed by atoms with van der Waals surface area (Å²) in [5, 5.41) is 11.9. The van der Waals surface area contributed by atoms with E-state index < -0.39 is 18.0 Å². The largest absolute Gasteiger partial charge is 0.478 e. The van der Waals surface area contributed by atoms with Crippen molar-refractivity contribution >= 4 is 17.8 Å². The van der Waals surface area contributed by atoms with E-state index in [1.807, 2.05) is 13.8 Å². The van der Waals surface area contributed by atoms with Crippen molar-refractivity contribution in [3.63, 3.8) is 0 Å². The number of nitrogens with one attached hydrogen (secondary N) is 1. The summed E-state index contributed by atoms with van der Waals surface area (Å²) in [5.41, 5.74) is -0.106. The molecular weight excluding hydrogens is 322 g/mol. The van der Waals surface area contributed by atoms with E-state index in [4.69, 9.17) is 9.84 Å². The minimum atomic E-state index is -1.19. The zero-order chi connectivity index (χ0) is 19.0. The van der Waals surface area contributed by atoms with Gasteiger partial charge in [0.2, 0.25) is 5.91 Å². The predicted molar refractivity (Wildman–Crippen MR) is 94.4 cm³/mol. The number of amides is 1. The molecule has 136 valence electrons. The summed E-state index contributed by atoms with van der Waals surface area (Å²) in [7, 11) is 0. The van der Waals surface area contributed by atoms with Gasteiger partial charge in [0.25, 0.3) is 0 Å². The van der Waals surface area contributed by atoms with Crippen LogP contribution in [0.3, 0.4) is 0 Å². The van der Waals surface area contributed by atoms with Gasteiger partial charge in [-0.05, 0) is 30.9 Å². The number of hydrogen-bond acceptors (Lipinski definition) is 4. The monoisotopic (exact) mass is 347 g/mol. The summed E-state index contributed by atoms with van der Waals surface area (Å²) in [5.74, 6) is -2.35. The third-order valence-corrected chi connectivity index (χ3v) is 3.60. The van der Waals surface area contributed by atoms with Crippen LogP contribution < -0.4 is 10.1 Å². The van der Waals surface area contributed by atoms with Crippen molar-refractivity contribution in [3.05, 3.63) is 42.5 Å². The maximum atomic E-state index is 12.5. The number of rotatable bonds is 9. The molecule has 25 heavy (non-hydrogen) atoms. The first-order chi connectivity index (χ1) is 11.8. The number of hydrogen-bond donors (Lipinski definition) is 2. The molecule has 0 saturated heterocycles. The van der Waals surface area contributed by atoms with Gasteiger partial charge in [0.05, 0.1) is 0 Å². The molecule has 1 aromatic rings. The normalized spacial score (nSPS) is 13.0. The Labute approximate surface area is 147 Å². The van der Waals surface area contributed by atoms with Gasteiger partial charge >= 0.3 is 11.9 Å². The van der Waals surface area contributed by atoms with E-state index in [2.05, 4.69) is 11.9 Å². The van der Waals surface area contributed by atoms with Gasteiger partial charge in [0, 0.05) is 5.92 Å². The standard InChI is InChI=1S/C19H25NO5/c1-5-8-13(4)17(21)20-15(11-12(2)3)19(24)25-16-10-7-6-9-14(16)18(22)23/h5-7,9-10,12-13,15H,1,8,11H2,2-4H3,(H,20,21)(H,22,23). The van der Waals surface area contributed by atoms with Gasteiger partial charge < -0.3 is 15.2 Å². The Morgan fingerprint density at radius 2 is 1.88 bits per heavy atom. The second-order valence-corrected chi connectivity index (χ2v) is 6.34. The van der Waals surface area contributed by atoms with Crippen LogP contribution in [0.4, 0.5) is 0 Å². The third-order valence-electron chi connectivity index (χ3n) is 3.60. The first kappa shape index (κ1) is 20.4. The molecule has 1 aromatic carbocycles. The lowest BCUT2D eigenvalue weighted by Gasteiger charge is -2.21. The molecule has 0 bridgehead atoms. The number of esters is 1. The highest BCUT2D eigenvalue weighted by molar-refractivity contribution is 5.93. The van der Waals surface area contributed by atoms with Gasteiger partial charge in [-0.25, -0.2) is 9.59 Å². The van der Waals surface area contributed by atoms with Crippen LogP contribution in [-0.2, 0) is 9.59 Å². The average molecular weight is 347 g/mol. The van der Waals surface area contributed by atoms with E-state index in [-0.39, 0.29) is 29.1 Å². The quantitative estimate of drug-likeness (QED) is 0.407. The molecule has 2 atom stereocenters. The fraction of sp³-hybridized carbons (Fsp3) is 0.421. The van der Waals surface area contributed by atoms with Crippen LogP contribution in [0.5, 0.6) is 5.75 Å². The van der Waals surface area contributed by atoms with E-state index in [1.165, 1.54) is 12.1 Å². The lowest BCUT2D eigenvalue weighted by atomic mass is 10.0. The van der Waals surface area contributed by atoms with Crippen molar-refractivity contribution in [2.75, 3.05) is 0 Å². The molecule has 0 saturated carbocycles. The van der Waals surface area contributed by atoms with E-state index in [0.29, 0.717) is 12.8 Å². The highest BCUT2D eigenvalue weighted by Crippen LogP contribution is 2.19. The van der Waals surface area contributed by atoms with Crippen molar-refractivity contribution in [1.82, 2.24) is 5.32 Å². The zero-order valence-electron chi connectivity index (χ0n) is 14.8. The van der Waals surface area contributed by atoms with Gasteiger partial charge in [-0.3, -0.25) is 4.79 Å². The van der Waals surface area contributed by atoms with Gasteiger partial charge in [0.1, 0.15) is 17.4 Å². The number of allylic oxidation sites excluding steroid dienone is 1. The van der Waals surface area contributed by atoms with Crippen molar-refractivity contribution in [2.45, 2.75) is 39.7 Å². The van der Waals surface area contributed by atoms with E-state index in [1.54, 1.807) is 25.1 Å². The van der Waals surface area contributed by atoms with Crippen molar-refractivity contribution in [1.29, 1.82) is 0 Å². The van der Waals surface area contributed by atoms with Crippen LogP contribution in [0, 0.1) is 11.8 Å². The van der Waals surface area contributed by atoms with Gasteiger partial charge in [-0.15, -0.1) is 6.58 Å². The predicted octanol–water partition coefficient (Wildman–Crippen LogP) is 3.03. The molecule has 0 radical (unpaired) electrons. The molecule has 1 rings (SSSR count). The van der Waals surface area contributed by atoms with E-state index in [9.17, 15) is 14.4 Å². The van der Waals surface area contributed by atoms with Crippen LogP contribution in [0.25, 0.3) is 0 Å². The molecule has 2 unspecified atom stereocenters. The second kappa shape index (κ2) is 9.61. The van der Waals surface area contributed by atoms with Crippen LogP contribution in [-0.4, -0.2) is 29.0 Å². The molecule has 0 fully saturated rings. The summed E-state index contributed by atoms with van der Waals surface area (Å²) >= 11 is 0. The number of carbonyl (C=O) groups is 3. The Balaban J connectivity index is 2.92. The number of para-hydroxylation sites is 1. The Kier molecular flexibility index (Phi) is 7.85. The lowest BCUT2D eigenvalue weighted by Crippen LogP contribution is -2.45. The van der Waals surface area contributed by atoms with Crippen LogP contribution >= 0.6 is 0 Å². The molecular formula is C19H25NO5. The first-order valence-corrected chi connectivity index (χ1v) is 8.21. The summed E-state index contributed by atoms with van der Waals surface area (Å²) < 4.78 is 5.26. The minimum absolute atomic E-state index is 0.0397. The number of carboxylic acid groups (broad SMARTS) is 1. The molecule has 1 amide bonds. The number of benzene rings is 1. The summed E-state index contributed by atoms with van der Waals surface area (Å²) in [6.07, 6.45) is 2.53. The number of ether oxygens (including phenoxy) is 1. The molecule has 2 N–H and O–H groups in total. The van der Waals surface area contributed by atoms with Crippen molar-refractivity contribution in [2.24, 2.45) is 11.8 Å². The smallest absolute Gasteiger partial charge is 0.339 e. The molecule has 0 aromatic heterocycles. The first-order valence-electron chi connectivity index (χ1n) is 8.21. The fourth-order valence-electron chi connectivity index (χ4n) is 2.27. The Hall–Kier alpha value is -2.63. The molecule has 6 heteroatoms. The second-order valence-electron chi connectivity index (χ2n) is 6.34. The highest BCUT2D eigenvalue weighted by Gasteiger charge is 2.26. The van der Waals surface area contributed by atoms with Crippen LogP contribution in [0.1, 0.15) is 44.0 Å². The zero-order valence-corrected chi connectivity index (χ0v) is 14.8. The Morgan fingerprint density at radius 3 is 2.44 bits per heavy atom. The topological polar surface area (TPSA) is 92.7 Å². The SMILES string of the molecule is C=CCC(C)C(=O)NC(CC(C)C)C(=O)Oc1ccccc1C(=O)O. The Morgan fingerprint density at radius 1 is 1.24 bits per heavy atom. The lowest BCUT2D eigenvalue weighted by molar-refractivity contribution is -0.140. The molecule has 6 nitrogen and oxygen atoms in total. The third kappa shape index (κ3) is 6.41. The number of aromatic carboxylic acids is 1. The van der Waals surface area contributed by atoms with Crippen molar-refractivity contribution in [3.8, 4) is 5.75 Å². The fourth-order valence-corrected chi connectivity index (χ4v) is 2.27. The summed E-state index contributed by atoms with van der Waals surface area (Å²) in [6, 6.07) is 5.05. The number of carboxylic acids is 1. The molecule has 0 aliphatic rings. The molecule has 0 spiro atoms. The van der Waals surface area contributed by atoms with Gasteiger partial charge in [0.15, 0.2) is 0 Å². The van der Waals surface area contributed by atoms with Crippen LogP contribution in [0.15, 0.2) is 36.9 Å². The summed E-state index contributed by atoms with van der Waals surface area (Å²) in [4.78, 5) is 35.9. The maximum absolute atomic E-state index is 12.5. The molecule has 0 aliphatic carbocycles. The number of carbonyl (C=O) groups excluding carboxylic acids is 2.